The molecule has 2 aliphatic heterocycles. The van der Waals surface area contributed by atoms with E-state index in [4.69, 9.17) is 16.3 Å². The lowest BCUT2D eigenvalue weighted by Crippen LogP contribution is -2.55. The lowest BCUT2D eigenvalue weighted by atomic mass is 9.78. The Hall–Kier alpha value is -1.99. The van der Waals surface area contributed by atoms with Gasteiger partial charge in [-0.05, 0) is 24.1 Å². The fourth-order valence-corrected chi connectivity index (χ4v) is 4.29. The molecule has 2 aliphatic rings. The van der Waals surface area contributed by atoms with Crippen molar-refractivity contribution >= 4 is 29.4 Å². The lowest BCUT2D eigenvalue weighted by molar-refractivity contribution is -0.154. The minimum absolute atomic E-state index is 0.128. The number of amides is 2. The van der Waals surface area contributed by atoms with E-state index in [0.717, 1.165) is 11.0 Å². The highest BCUT2D eigenvalue weighted by Crippen LogP contribution is 2.50. The van der Waals surface area contributed by atoms with Crippen LogP contribution in [0.5, 0.6) is 0 Å². The molecular weight excluding hydrogens is 351 g/mol. The number of esters is 1. The number of halogens is 2. The molecule has 8 heteroatoms. The van der Waals surface area contributed by atoms with Crippen molar-refractivity contribution in [3.63, 3.8) is 0 Å². The third kappa shape index (κ3) is 2.37. The molecule has 134 valence electrons. The van der Waals surface area contributed by atoms with Crippen LogP contribution in [0.25, 0.3) is 0 Å². The number of methoxy groups -OCH3 is 1. The van der Waals surface area contributed by atoms with Crippen LogP contribution in [-0.4, -0.2) is 42.4 Å². The fourth-order valence-electron chi connectivity index (χ4n) is 4.01. The number of nitrogens with zero attached hydrogens (tertiary/aromatic N) is 1. The van der Waals surface area contributed by atoms with Crippen molar-refractivity contribution in [3.05, 3.63) is 34.6 Å². The van der Waals surface area contributed by atoms with E-state index in [1.54, 1.807) is 6.92 Å². The van der Waals surface area contributed by atoms with Crippen LogP contribution in [-0.2, 0) is 19.1 Å². The topological polar surface area (TPSA) is 75.7 Å². The highest BCUT2D eigenvalue weighted by atomic mass is 35.5. The molecule has 0 aromatic heterocycles. The van der Waals surface area contributed by atoms with Gasteiger partial charge >= 0.3 is 5.97 Å². The van der Waals surface area contributed by atoms with Crippen LogP contribution in [0.4, 0.5) is 4.39 Å². The van der Waals surface area contributed by atoms with Gasteiger partial charge in [-0.3, -0.25) is 24.6 Å². The summed E-state index contributed by atoms with van der Waals surface area (Å²) in [6, 6.07) is 3.14. The molecule has 1 N–H and O–H groups in total. The maximum atomic E-state index is 13.4. The second kappa shape index (κ2) is 6.07. The van der Waals surface area contributed by atoms with Crippen molar-refractivity contribution in [2.75, 3.05) is 14.2 Å². The summed E-state index contributed by atoms with van der Waals surface area (Å²) in [7, 11) is 2.63. The van der Waals surface area contributed by atoms with Gasteiger partial charge in [0.15, 0.2) is 0 Å². The number of hydrogen-bond donors (Lipinski definition) is 1. The molecule has 0 spiro atoms. The molecule has 3 rings (SSSR count). The second-order valence-corrected chi connectivity index (χ2v) is 6.75. The van der Waals surface area contributed by atoms with Gasteiger partial charge in [0.2, 0.25) is 11.8 Å². The summed E-state index contributed by atoms with van der Waals surface area (Å²) in [5.41, 5.74) is -0.868. The standard InChI is InChI=1S/C17H18ClFN2O4/c1-4-17(16(24)25-3)12-11(14(22)21(2)15(12)23)13(20-17)9-6-5-8(19)7-10(9)18/h5-7,11-13,20H,4H2,1-3H3/t11-,12-,13-,17-/m1/s1. The molecule has 6 nitrogen and oxygen atoms in total. The Bertz CT molecular complexity index is 771. The quantitative estimate of drug-likeness (QED) is 0.649. The van der Waals surface area contributed by atoms with Crippen LogP contribution >= 0.6 is 11.6 Å². The first kappa shape index (κ1) is 17.8. The number of imide groups is 1. The van der Waals surface area contributed by atoms with Crippen molar-refractivity contribution in [2.45, 2.75) is 24.9 Å². The number of hydrogen-bond acceptors (Lipinski definition) is 5. The van der Waals surface area contributed by atoms with Crippen LogP contribution in [0.15, 0.2) is 18.2 Å². The molecule has 2 amide bonds. The van der Waals surface area contributed by atoms with Gasteiger partial charge in [0.1, 0.15) is 11.4 Å². The lowest BCUT2D eigenvalue weighted by Gasteiger charge is -2.31. The number of rotatable bonds is 3. The van der Waals surface area contributed by atoms with E-state index in [-0.39, 0.29) is 11.4 Å². The average molecular weight is 369 g/mol. The first-order valence-corrected chi connectivity index (χ1v) is 8.28. The molecular formula is C17H18ClFN2O4. The van der Waals surface area contributed by atoms with E-state index in [1.165, 1.54) is 26.3 Å². The predicted molar refractivity (Wildman–Crippen MR) is 87.1 cm³/mol. The third-order valence-corrected chi connectivity index (χ3v) is 5.61. The first-order chi connectivity index (χ1) is 11.8. The SMILES string of the molecule is CC[C@@]1(C(=O)OC)N[C@H](c2ccc(F)cc2Cl)[C@@H]2C(=O)N(C)C(=O)[C@@H]21. The average Bonchev–Trinajstić information content (AvgIpc) is 3.05. The minimum atomic E-state index is -1.33. The Morgan fingerprint density at radius 1 is 1.40 bits per heavy atom. The van der Waals surface area contributed by atoms with Gasteiger partial charge in [0, 0.05) is 18.1 Å². The van der Waals surface area contributed by atoms with Gasteiger partial charge in [-0.15, -0.1) is 0 Å². The first-order valence-electron chi connectivity index (χ1n) is 7.91. The van der Waals surface area contributed by atoms with Crippen molar-refractivity contribution in [2.24, 2.45) is 11.8 Å². The third-order valence-electron chi connectivity index (χ3n) is 5.28. The molecule has 1 aromatic rings. The zero-order valence-electron chi connectivity index (χ0n) is 14.0. The van der Waals surface area contributed by atoms with Gasteiger partial charge in [-0.25, -0.2) is 4.39 Å². The Morgan fingerprint density at radius 3 is 2.64 bits per heavy atom. The molecule has 1 aromatic carbocycles. The molecule has 2 saturated heterocycles. The van der Waals surface area contributed by atoms with Crippen LogP contribution in [0.1, 0.15) is 24.9 Å². The molecule has 2 heterocycles. The largest absolute Gasteiger partial charge is 0.468 e. The number of ether oxygens (including phenoxy) is 1. The number of fused-ring (bicyclic) bond motifs is 1. The monoisotopic (exact) mass is 368 g/mol. The van der Waals surface area contributed by atoms with Crippen molar-refractivity contribution in [1.29, 1.82) is 0 Å². The van der Waals surface area contributed by atoms with Crippen molar-refractivity contribution in [1.82, 2.24) is 10.2 Å². The number of carbonyl (C=O) groups is 3. The molecule has 4 atom stereocenters. The van der Waals surface area contributed by atoms with Gasteiger partial charge < -0.3 is 4.74 Å². The van der Waals surface area contributed by atoms with Gasteiger partial charge in [0.25, 0.3) is 0 Å². The Morgan fingerprint density at radius 2 is 2.08 bits per heavy atom. The van der Waals surface area contributed by atoms with E-state index in [0.29, 0.717) is 5.56 Å². The molecule has 0 unspecified atom stereocenters. The zero-order valence-corrected chi connectivity index (χ0v) is 14.8. The number of likely N-dealkylation sites (tertiary alicyclic amines) is 1. The summed E-state index contributed by atoms with van der Waals surface area (Å²) in [6.45, 7) is 1.74. The smallest absolute Gasteiger partial charge is 0.326 e. The van der Waals surface area contributed by atoms with Crippen LogP contribution < -0.4 is 5.32 Å². The summed E-state index contributed by atoms with van der Waals surface area (Å²) in [5, 5.41) is 3.24. The maximum Gasteiger partial charge on any atom is 0.326 e. The Labute approximate surface area is 149 Å². The summed E-state index contributed by atoms with van der Waals surface area (Å²) in [4.78, 5) is 38.9. The molecule has 0 bridgehead atoms. The molecule has 0 aliphatic carbocycles. The summed E-state index contributed by atoms with van der Waals surface area (Å²) < 4.78 is 18.3. The molecule has 25 heavy (non-hydrogen) atoms. The highest BCUT2D eigenvalue weighted by Gasteiger charge is 2.67. The van der Waals surface area contributed by atoms with Crippen molar-refractivity contribution in [3.8, 4) is 0 Å². The van der Waals surface area contributed by atoms with E-state index >= 15 is 0 Å². The molecule has 0 radical (unpaired) electrons. The summed E-state index contributed by atoms with van der Waals surface area (Å²) in [6.07, 6.45) is 0.253. The van der Waals surface area contributed by atoms with Crippen LogP contribution in [0.2, 0.25) is 5.02 Å². The molecule has 0 saturated carbocycles. The van der Waals surface area contributed by atoms with Crippen LogP contribution in [0, 0.1) is 17.7 Å². The predicted octanol–water partition coefficient (Wildman–Crippen LogP) is 1.68. The van der Waals surface area contributed by atoms with Gasteiger partial charge in [-0.1, -0.05) is 24.6 Å². The maximum absolute atomic E-state index is 13.4. The van der Waals surface area contributed by atoms with Gasteiger partial charge in [0.05, 0.1) is 18.9 Å². The number of carbonyl (C=O) groups excluding carboxylic acids is 3. The minimum Gasteiger partial charge on any atom is -0.468 e. The second-order valence-electron chi connectivity index (χ2n) is 6.34. The van der Waals surface area contributed by atoms with E-state index in [2.05, 4.69) is 5.32 Å². The van der Waals surface area contributed by atoms with E-state index < -0.39 is 47.0 Å². The Kier molecular flexibility index (Phi) is 4.33. The summed E-state index contributed by atoms with van der Waals surface area (Å²) in [5.74, 6) is -3.65. The normalized spacial score (nSPS) is 31.4. The fraction of sp³-hybridized carbons (Fsp3) is 0.471. The highest BCUT2D eigenvalue weighted by molar-refractivity contribution is 6.31. The molecule has 2 fully saturated rings. The Balaban J connectivity index is 2.17. The zero-order chi connectivity index (χ0) is 18.5. The number of nitrogens with one attached hydrogen (secondary N) is 1. The van der Waals surface area contributed by atoms with E-state index in [1.807, 2.05) is 0 Å². The van der Waals surface area contributed by atoms with Gasteiger partial charge in [-0.2, -0.15) is 0 Å². The van der Waals surface area contributed by atoms with E-state index in [9.17, 15) is 18.8 Å². The van der Waals surface area contributed by atoms with Crippen LogP contribution in [0.3, 0.4) is 0 Å². The van der Waals surface area contributed by atoms with Crippen molar-refractivity contribution < 1.29 is 23.5 Å². The summed E-state index contributed by atoms with van der Waals surface area (Å²) >= 11 is 6.16. The number of benzene rings is 1.